The van der Waals surface area contributed by atoms with Crippen molar-refractivity contribution < 1.29 is 18.3 Å². The van der Waals surface area contributed by atoms with E-state index in [9.17, 15) is 13.6 Å². The summed E-state index contributed by atoms with van der Waals surface area (Å²) in [5.41, 5.74) is 0. The van der Waals surface area contributed by atoms with Crippen molar-refractivity contribution in [3.8, 4) is 5.75 Å². The molecule has 0 saturated carbocycles. The highest BCUT2D eigenvalue weighted by Crippen LogP contribution is 2.34. The molecule has 1 unspecified atom stereocenters. The van der Waals surface area contributed by atoms with Crippen LogP contribution in [0.15, 0.2) is 59.2 Å². The van der Waals surface area contributed by atoms with Crippen molar-refractivity contribution in [3.05, 3.63) is 54.1 Å². The quantitative estimate of drug-likeness (QED) is 0.803. The van der Waals surface area contributed by atoms with Gasteiger partial charge in [0.2, 0.25) is 0 Å². The van der Waals surface area contributed by atoms with Gasteiger partial charge in [-0.2, -0.15) is 5.10 Å². The van der Waals surface area contributed by atoms with E-state index < -0.39 is 17.6 Å². The molecule has 0 aromatic heterocycles. The van der Waals surface area contributed by atoms with Crippen LogP contribution in [0.4, 0.5) is 13.6 Å². The first-order valence-electron chi connectivity index (χ1n) is 9.10. The lowest BCUT2D eigenvalue weighted by Gasteiger charge is -2.47. The Balaban J connectivity index is 1.39. The van der Waals surface area contributed by atoms with E-state index in [2.05, 4.69) is 5.10 Å². The fraction of sp³-hybridized carbons (Fsp3) is 0.400. The fourth-order valence-electron chi connectivity index (χ4n) is 3.74. The first-order chi connectivity index (χ1) is 13.0. The number of carbonyl (C=O) groups is 1. The molecule has 27 heavy (non-hydrogen) atoms. The molecule has 1 fully saturated rings. The van der Waals surface area contributed by atoms with Crippen LogP contribution in [-0.2, 0) is 0 Å². The zero-order valence-corrected chi connectivity index (χ0v) is 15.0. The lowest BCUT2D eigenvalue weighted by Crippen LogP contribution is -2.65. The van der Waals surface area contributed by atoms with Gasteiger partial charge in [-0.05, 0) is 25.1 Å². The Labute approximate surface area is 156 Å². The Hall–Kier alpha value is -2.70. The Morgan fingerprint density at radius 1 is 1.26 bits per heavy atom. The topological polar surface area (TPSA) is 45.1 Å². The molecular formula is C20H21F2N3O2. The monoisotopic (exact) mass is 373 g/mol. The maximum absolute atomic E-state index is 13.6. The van der Waals surface area contributed by atoms with Gasteiger partial charge in [0.25, 0.3) is 0 Å². The molecule has 4 atom stereocenters. The number of amides is 2. The second kappa shape index (κ2) is 7.13. The number of carbonyl (C=O) groups excluding carboxylic acids is 1. The Morgan fingerprint density at radius 3 is 2.74 bits per heavy atom. The van der Waals surface area contributed by atoms with Crippen molar-refractivity contribution in [2.45, 2.75) is 38.0 Å². The lowest BCUT2D eigenvalue weighted by atomic mass is 9.90. The number of urea groups is 1. The number of halogens is 2. The molecule has 2 aliphatic heterocycles. The molecule has 2 heterocycles. The minimum atomic E-state index is -0.600. The van der Waals surface area contributed by atoms with E-state index in [-0.39, 0.29) is 30.6 Å². The van der Waals surface area contributed by atoms with Gasteiger partial charge < -0.3 is 9.64 Å². The second-order valence-electron chi connectivity index (χ2n) is 7.10. The van der Waals surface area contributed by atoms with Crippen molar-refractivity contribution in [3.63, 3.8) is 0 Å². The van der Waals surface area contributed by atoms with Crippen LogP contribution in [0.1, 0.15) is 19.8 Å². The zero-order chi connectivity index (χ0) is 19.0. The highest BCUT2D eigenvalue weighted by molar-refractivity contribution is 5.79. The predicted octanol–water partition coefficient (Wildman–Crippen LogP) is 4.04. The minimum absolute atomic E-state index is 0.0839. The van der Waals surface area contributed by atoms with Crippen LogP contribution in [0.25, 0.3) is 0 Å². The summed E-state index contributed by atoms with van der Waals surface area (Å²) in [7, 11) is 0. The smallest absolute Gasteiger partial charge is 0.341 e. The first-order valence-corrected chi connectivity index (χ1v) is 9.10. The largest absolute Gasteiger partial charge is 0.486 e. The molecule has 0 bridgehead atoms. The average molecular weight is 373 g/mol. The third kappa shape index (κ3) is 3.46. The standard InChI is InChI=1S/C20H21F2N3O2/c1-13-19(27-17-5-3-2-4-6-17)12-24(13)20(26)25-18(7-8-23-25)14-9-15(21)11-16(22)10-14/h2-6,8-9,11,13-14,18-19H,7,10,12H2,1H3/t13-,14?,18-,19-/m0/s1. The Kier molecular flexibility index (Phi) is 4.68. The molecule has 1 saturated heterocycles. The van der Waals surface area contributed by atoms with Crippen LogP contribution in [0, 0.1) is 5.92 Å². The summed E-state index contributed by atoms with van der Waals surface area (Å²) < 4.78 is 33.1. The molecule has 5 nitrogen and oxygen atoms in total. The molecule has 1 aromatic carbocycles. The van der Waals surface area contributed by atoms with Crippen molar-refractivity contribution in [1.29, 1.82) is 0 Å². The highest BCUT2D eigenvalue weighted by Gasteiger charge is 2.45. The molecule has 2 amide bonds. The number of para-hydroxylation sites is 1. The van der Waals surface area contributed by atoms with E-state index in [1.165, 1.54) is 11.1 Å². The third-order valence-corrected chi connectivity index (χ3v) is 5.34. The minimum Gasteiger partial charge on any atom is -0.486 e. The van der Waals surface area contributed by atoms with Gasteiger partial charge in [0, 0.05) is 31.1 Å². The Bertz CT molecular complexity index is 809. The van der Waals surface area contributed by atoms with Crippen LogP contribution < -0.4 is 4.74 Å². The normalized spacial score (nSPS) is 29.9. The second-order valence-corrected chi connectivity index (χ2v) is 7.10. The Morgan fingerprint density at radius 2 is 2.04 bits per heavy atom. The summed E-state index contributed by atoms with van der Waals surface area (Å²) in [6.45, 7) is 2.38. The molecular weight excluding hydrogens is 352 g/mol. The van der Waals surface area contributed by atoms with E-state index in [4.69, 9.17) is 4.74 Å². The molecule has 7 heteroatoms. The van der Waals surface area contributed by atoms with E-state index in [1.54, 1.807) is 11.1 Å². The van der Waals surface area contributed by atoms with E-state index in [0.29, 0.717) is 13.0 Å². The van der Waals surface area contributed by atoms with Gasteiger partial charge in [-0.3, -0.25) is 0 Å². The van der Waals surface area contributed by atoms with Crippen molar-refractivity contribution in [2.24, 2.45) is 11.0 Å². The van der Waals surface area contributed by atoms with E-state index >= 15 is 0 Å². The summed E-state index contributed by atoms with van der Waals surface area (Å²) in [5, 5.41) is 5.53. The molecule has 0 N–H and O–H groups in total. The maximum atomic E-state index is 13.6. The zero-order valence-electron chi connectivity index (χ0n) is 15.0. The SMILES string of the molecule is C[C@H]1[C@@H](Oc2ccccc2)CN1C(=O)N1N=CC[C@H]1C1C=C(F)C=C(F)C1. The van der Waals surface area contributed by atoms with Gasteiger partial charge in [-0.25, -0.2) is 18.6 Å². The average Bonchev–Trinajstić information content (AvgIpc) is 3.14. The van der Waals surface area contributed by atoms with Crippen LogP contribution in [-0.4, -0.2) is 46.9 Å². The summed E-state index contributed by atoms with van der Waals surface area (Å²) in [6, 6.07) is 8.74. The van der Waals surface area contributed by atoms with Crippen molar-refractivity contribution >= 4 is 12.2 Å². The van der Waals surface area contributed by atoms with Crippen LogP contribution >= 0.6 is 0 Å². The van der Waals surface area contributed by atoms with Crippen LogP contribution in [0.5, 0.6) is 5.75 Å². The molecule has 4 rings (SSSR count). The molecule has 142 valence electrons. The predicted molar refractivity (Wildman–Crippen MR) is 97.6 cm³/mol. The number of hydrogen-bond acceptors (Lipinski definition) is 3. The number of rotatable bonds is 3. The highest BCUT2D eigenvalue weighted by atomic mass is 19.1. The number of benzene rings is 1. The number of hydrogen-bond donors (Lipinski definition) is 0. The summed E-state index contributed by atoms with van der Waals surface area (Å²) >= 11 is 0. The maximum Gasteiger partial charge on any atom is 0.341 e. The number of nitrogens with zero attached hydrogens (tertiary/aromatic N) is 3. The molecule has 1 aliphatic carbocycles. The van der Waals surface area contributed by atoms with Gasteiger partial charge in [0.1, 0.15) is 23.5 Å². The van der Waals surface area contributed by atoms with Crippen molar-refractivity contribution in [1.82, 2.24) is 9.91 Å². The number of hydrazone groups is 1. The molecule has 1 aromatic rings. The van der Waals surface area contributed by atoms with E-state index in [0.717, 1.165) is 11.8 Å². The fourth-order valence-corrected chi connectivity index (χ4v) is 3.74. The third-order valence-electron chi connectivity index (χ3n) is 5.34. The molecule has 0 radical (unpaired) electrons. The van der Waals surface area contributed by atoms with Gasteiger partial charge >= 0.3 is 6.03 Å². The number of likely N-dealkylation sites (tertiary alicyclic amines) is 1. The van der Waals surface area contributed by atoms with Crippen LogP contribution in [0.2, 0.25) is 0 Å². The number of ether oxygens (including phenoxy) is 1. The molecule has 0 spiro atoms. The van der Waals surface area contributed by atoms with Gasteiger partial charge in [0.05, 0.1) is 18.6 Å². The van der Waals surface area contributed by atoms with E-state index in [1.807, 2.05) is 37.3 Å². The van der Waals surface area contributed by atoms with Gasteiger partial charge in [-0.1, -0.05) is 18.2 Å². The van der Waals surface area contributed by atoms with Gasteiger partial charge in [-0.15, -0.1) is 0 Å². The summed E-state index contributed by atoms with van der Waals surface area (Å²) in [5.74, 6) is -0.761. The van der Waals surface area contributed by atoms with Crippen molar-refractivity contribution in [2.75, 3.05) is 6.54 Å². The summed E-state index contributed by atoms with van der Waals surface area (Å²) in [4.78, 5) is 14.6. The van der Waals surface area contributed by atoms with Crippen LogP contribution in [0.3, 0.4) is 0 Å². The van der Waals surface area contributed by atoms with Gasteiger partial charge in [0.15, 0.2) is 0 Å². The molecule has 3 aliphatic rings. The number of allylic oxidation sites excluding steroid dienone is 3. The summed E-state index contributed by atoms with van der Waals surface area (Å²) in [6.07, 6.45) is 4.38. The lowest BCUT2D eigenvalue weighted by molar-refractivity contribution is -0.0209. The first kappa shape index (κ1) is 17.7.